The van der Waals surface area contributed by atoms with Gasteiger partial charge in [0.25, 0.3) is 0 Å². The highest BCUT2D eigenvalue weighted by molar-refractivity contribution is 6.15. The van der Waals surface area contributed by atoms with E-state index in [1.807, 2.05) is 66.7 Å². The maximum atomic E-state index is 12.8. The van der Waals surface area contributed by atoms with E-state index in [0.717, 1.165) is 27.4 Å². The van der Waals surface area contributed by atoms with E-state index >= 15 is 0 Å². The van der Waals surface area contributed by atoms with Gasteiger partial charge < -0.3 is 14.3 Å². The molecule has 0 radical (unpaired) electrons. The Kier molecular flexibility index (Phi) is 4.41. The summed E-state index contributed by atoms with van der Waals surface area (Å²) in [5.74, 6) is -0.0913. The fourth-order valence-electron chi connectivity index (χ4n) is 3.72. The van der Waals surface area contributed by atoms with E-state index in [9.17, 15) is 9.59 Å². The van der Waals surface area contributed by atoms with E-state index in [-0.39, 0.29) is 24.0 Å². The summed E-state index contributed by atoms with van der Waals surface area (Å²) in [6, 6.07) is 24.7. The Morgan fingerprint density at radius 1 is 0.867 bits per heavy atom. The van der Waals surface area contributed by atoms with E-state index in [4.69, 9.17) is 4.42 Å². The molecule has 5 nitrogen and oxygen atoms in total. The number of hydrogen-bond donors (Lipinski definition) is 1. The molecule has 2 heterocycles. The molecule has 0 saturated heterocycles. The lowest BCUT2D eigenvalue weighted by Crippen LogP contribution is -2.18. The largest absolute Gasteiger partial charge is 0.461 e. The second-order valence-electron chi connectivity index (χ2n) is 7.10. The number of ketones is 1. The van der Waals surface area contributed by atoms with E-state index in [1.165, 1.54) is 6.26 Å². The lowest BCUT2D eigenvalue weighted by Gasteiger charge is -2.08. The molecule has 1 N–H and O–H groups in total. The molecule has 5 heteroatoms. The van der Waals surface area contributed by atoms with Gasteiger partial charge in [0.05, 0.1) is 11.8 Å². The van der Waals surface area contributed by atoms with Crippen LogP contribution in [0.4, 0.5) is 5.69 Å². The summed E-state index contributed by atoms with van der Waals surface area (Å²) < 4.78 is 7.06. The predicted molar refractivity (Wildman–Crippen MR) is 117 cm³/mol. The van der Waals surface area contributed by atoms with Gasteiger partial charge in [0.15, 0.2) is 5.76 Å². The van der Waals surface area contributed by atoms with Gasteiger partial charge in [-0.15, -0.1) is 0 Å². The fraction of sp³-hybridized carbons (Fsp3) is 0.0400. The molecule has 0 aliphatic carbocycles. The van der Waals surface area contributed by atoms with Crippen molar-refractivity contribution in [3.63, 3.8) is 0 Å². The van der Waals surface area contributed by atoms with Gasteiger partial charge >= 0.3 is 0 Å². The Morgan fingerprint density at radius 2 is 1.67 bits per heavy atom. The molecule has 5 aromatic rings. The van der Waals surface area contributed by atoms with Crippen molar-refractivity contribution in [2.24, 2.45) is 0 Å². The predicted octanol–water partition coefficient (Wildman–Crippen LogP) is 5.26. The molecular weight excluding hydrogens is 376 g/mol. The first-order valence-electron chi connectivity index (χ1n) is 9.64. The number of carbonyl (C=O) groups is 2. The van der Waals surface area contributed by atoms with Crippen molar-refractivity contribution in [2.75, 3.05) is 5.32 Å². The highest BCUT2D eigenvalue weighted by atomic mass is 16.3. The molecule has 0 spiro atoms. The highest BCUT2D eigenvalue weighted by Gasteiger charge is 2.19. The highest BCUT2D eigenvalue weighted by Crippen LogP contribution is 2.25. The molecule has 1 amide bonds. The summed E-state index contributed by atoms with van der Waals surface area (Å²) in [5.41, 5.74) is 2.07. The number of furan rings is 1. The van der Waals surface area contributed by atoms with Gasteiger partial charge in [-0.2, -0.15) is 0 Å². The number of amides is 1. The molecule has 0 fully saturated rings. The van der Waals surface area contributed by atoms with Crippen LogP contribution < -0.4 is 5.32 Å². The average molecular weight is 394 g/mol. The number of benzene rings is 3. The van der Waals surface area contributed by atoms with Gasteiger partial charge in [-0.25, -0.2) is 0 Å². The van der Waals surface area contributed by atoms with Crippen LogP contribution in [-0.4, -0.2) is 16.3 Å². The molecule has 0 bridgehead atoms. The third-order valence-electron chi connectivity index (χ3n) is 5.13. The van der Waals surface area contributed by atoms with Crippen molar-refractivity contribution in [3.8, 4) is 0 Å². The summed E-state index contributed by atoms with van der Waals surface area (Å²) in [6.07, 6.45) is 3.19. The Balaban J connectivity index is 1.43. The lowest BCUT2D eigenvalue weighted by molar-refractivity contribution is -0.116. The number of para-hydroxylation sites is 1. The van der Waals surface area contributed by atoms with Crippen molar-refractivity contribution < 1.29 is 14.0 Å². The maximum Gasteiger partial charge on any atom is 0.244 e. The third-order valence-corrected chi connectivity index (χ3v) is 5.13. The number of hydrogen-bond acceptors (Lipinski definition) is 3. The van der Waals surface area contributed by atoms with Crippen molar-refractivity contribution in [3.05, 3.63) is 103 Å². The Hall–Kier alpha value is -4.12. The van der Waals surface area contributed by atoms with Gasteiger partial charge in [0.1, 0.15) is 6.54 Å². The number of anilines is 1. The van der Waals surface area contributed by atoms with Crippen molar-refractivity contribution in [1.82, 2.24) is 4.57 Å². The standard InChI is InChI=1S/C25H18N2O3/c28-24(26-19-12-11-17-6-1-2-7-18(17)14-19)16-27-15-21(20-8-3-4-9-22(20)27)25(29)23-10-5-13-30-23/h1-15H,16H2,(H,26,28). The lowest BCUT2D eigenvalue weighted by atomic mass is 10.1. The van der Waals surface area contributed by atoms with Crippen molar-refractivity contribution >= 4 is 39.1 Å². The smallest absolute Gasteiger partial charge is 0.244 e. The summed E-state index contributed by atoms with van der Waals surface area (Å²) in [4.78, 5) is 25.6. The van der Waals surface area contributed by atoms with Crippen LogP contribution in [0.3, 0.4) is 0 Å². The van der Waals surface area contributed by atoms with Gasteiger partial charge in [0, 0.05) is 22.8 Å². The zero-order valence-corrected chi connectivity index (χ0v) is 16.0. The fourth-order valence-corrected chi connectivity index (χ4v) is 3.72. The number of carbonyl (C=O) groups excluding carboxylic acids is 2. The van der Waals surface area contributed by atoms with Gasteiger partial charge in [-0.3, -0.25) is 9.59 Å². The van der Waals surface area contributed by atoms with E-state index < -0.39 is 0 Å². The Morgan fingerprint density at radius 3 is 2.50 bits per heavy atom. The van der Waals surface area contributed by atoms with Crippen LogP contribution in [-0.2, 0) is 11.3 Å². The zero-order chi connectivity index (χ0) is 20.5. The monoisotopic (exact) mass is 394 g/mol. The first-order chi connectivity index (χ1) is 14.7. The van der Waals surface area contributed by atoms with Crippen LogP contribution in [0.1, 0.15) is 16.1 Å². The molecule has 146 valence electrons. The third kappa shape index (κ3) is 3.26. The van der Waals surface area contributed by atoms with Gasteiger partial charge in [0.2, 0.25) is 11.7 Å². The van der Waals surface area contributed by atoms with Crippen LogP contribution >= 0.6 is 0 Å². The van der Waals surface area contributed by atoms with Crippen LogP contribution in [0.15, 0.2) is 95.7 Å². The minimum Gasteiger partial charge on any atom is -0.461 e. The Bertz CT molecular complexity index is 1380. The number of nitrogens with zero attached hydrogens (tertiary/aromatic N) is 1. The first kappa shape index (κ1) is 17.9. The van der Waals surface area contributed by atoms with Crippen LogP contribution in [0.2, 0.25) is 0 Å². The molecule has 0 saturated carbocycles. The first-order valence-corrected chi connectivity index (χ1v) is 9.64. The number of aromatic nitrogens is 1. The quantitative estimate of drug-likeness (QED) is 0.414. The van der Waals surface area contributed by atoms with Crippen LogP contribution in [0.25, 0.3) is 21.7 Å². The number of fused-ring (bicyclic) bond motifs is 2. The maximum absolute atomic E-state index is 12.8. The zero-order valence-electron chi connectivity index (χ0n) is 16.0. The van der Waals surface area contributed by atoms with E-state index in [1.54, 1.807) is 22.9 Å². The summed E-state index contributed by atoms with van der Waals surface area (Å²) in [7, 11) is 0. The molecule has 0 unspecified atom stereocenters. The molecule has 5 rings (SSSR count). The van der Waals surface area contributed by atoms with Crippen LogP contribution in [0.5, 0.6) is 0 Å². The van der Waals surface area contributed by atoms with Crippen molar-refractivity contribution in [1.29, 1.82) is 0 Å². The molecule has 30 heavy (non-hydrogen) atoms. The van der Waals surface area contributed by atoms with Crippen LogP contribution in [0, 0.1) is 0 Å². The number of nitrogens with one attached hydrogen (secondary N) is 1. The minimum absolute atomic E-state index is 0.0960. The average Bonchev–Trinajstić information content (AvgIpc) is 3.42. The second-order valence-corrected chi connectivity index (χ2v) is 7.10. The normalized spacial score (nSPS) is 11.1. The molecule has 3 aromatic carbocycles. The minimum atomic E-state index is -0.204. The summed E-state index contributed by atoms with van der Waals surface area (Å²) >= 11 is 0. The van der Waals surface area contributed by atoms with Crippen molar-refractivity contribution in [2.45, 2.75) is 6.54 Å². The number of rotatable bonds is 5. The van der Waals surface area contributed by atoms with E-state index in [2.05, 4.69) is 5.32 Å². The van der Waals surface area contributed by atoms with Gasteiger partial charge in [-0.05, 0) is 41.1 Å². The molecule has 0 atom stereocenters. The molecule has 0 aliphatic heterocycles. The SMILES string of the molecule is O=C(Cn1cc(C(=O)c2ccco2)c2ccccc21)Nc1ccc2ccccc2c1. The summed E-state index contributed by atoms with van der Waals surface area (Å²) in [6.45, 7) is 0.0960. The van der Waals surface area contributed by atoms with E-state index in [0.29, 0.717) is 5.56 Å². The Labute approximate surface area is 172 Å². The topological polar surface area (TPSA) is 64.2 Å². The summed E-state index contributed by atoms with van der Waals surface area (Å²) in [5, 5.41) is 5.92. The molecular formula is C25H18N2O3. The molecule has 0 aliphatic rings. The second kappa shape index (κ2) is 7.37. The van der Waals surface area contributed by atoms with Gasteiger partial charge in [-0.1, -0.05) is 48.5 Å². The molecule has 2 aromatic heterocycles.